The Bertz CT molecular complexity index is 925. The maximum atomic E-state index is 5.33. The lowest BCUT2D eigenvalue weighted by Crippen LogP contribution is -2.39. The topological polar surface area (TPSA) is 91.1 Å². The Balaban J connectivity index is 1.56. The van der Waals surface area contributed by atoms with Crippen molar-refractivity contribution in [3.63, 3.8) is 0 Å². The van der Waals surface area contributed by atoms with Gasteiger partial charge in [-0.1, -0.05) is 45.0 Å². The van der Waals surface area contributed by atoms with Crippen LogP contribution in [-0.4, -0.2) is 40.8 Å². The average Bonchev–Trinajstić information content (AvgIpc) is 3.44. The quantitative estimate of drug-likeness (QED) is 0.371. The van der Waals surface area contributed by atoms with Gasteiger partial charge in [-0.05, 0) is 36.6 Å². The van der Waals surface area contributed by atoms with Crippen molar-refractivity contribution >= 4 is 5.96 Å². The lowest BCUT2D eigenvalue weighted by atomic mass is 9.84. The number of nitrogens with zero attached hydrogens (tertiary/aromatic N) is 3. The van der Waals surface area contributed by atoms with Crippen molar-refractivity contribution in [2.24, 2.45) is 4.99 Å². The second-order valence-electron chi connectivity index (χ2n) is 7.89. The van der Waals surface area contributed by atoms with E-state index in [4.69, 9.17) is 9.41 Å². The van der Waals surface area contributed by atoms with Gasteiger partial charge in [0.2, 0.25) is 5.82 Å². The Labute approximate surface area is 178 Å². The van der Waals surface area contributed by atoms with Crippen molar-refractivity contribution in [2.75, 3.05) is 19.6 Å². The molecule has 30 heavy (non-hydrogen) atoms. The lowest BCUT2D eigenvalue weighted by molar-refractivity contribution is 0.537. The summed E-state index contributed by atoms with van der Waals surface area (Å²) in [5.74, 6) is 2.85. The Morgan fingerprint density at radius 1 is 1.13 bits per heavy atom. The fraction of sp³-hybridized carbons (Fsp3) is 0.435. The number of guanidine groups is 1. The van der Waals surface area contributed by atoms with Gasteiger partial charge in [0, 0.05) is 24.9 Å². The van der Waals surface area contributed by atoms with Crippen LogP contribution in [0.2, 0.25) is 0 Å². The molecule has 0 spiro atoms. The number of aryl methyl sites for hydroxylation is 1. The third kappa shape index (κ3) is 5.72. The van der Waals surface area contributed by atoms with Gasteiger partial charge in [-0.2, -0.15) is 5.10 Å². The molecule has 3 N–H and O–H groups in total. The molecule has 0 unspecified atom stereocenters. The summed E-state index contributed by atoms with van der Waals surface area (Å²) < 4.78 is 5.33. The van der Waals surface area contributed by atoms with Gasteiger partial charge in [-0.3, -0.25) is 10.1 Å². The zero-order chi connectivity index (χ0) is 21.4. The summed E-state index contributed by atoms with van der Waals surface area (Å²) >= 11 is 0. The third-order valence-electron chi connectivity index (χ3n) is 5.05. The lowest BCUT2D eigenvalue weighted by Gasteiger charge is -2.24. The van der Waals surface area contributed by atoms with E-state index in [-0.39, 0.29) is 5.41 Å². The molecule has 1 aromatic carbocycles. The van der Waals surface area contributed by atoms with Crippen LogP contribution in [-0.2, 0) is 18.3 Å². The van der Waals surface area contributed by atoms with Crippen molar-refractivity contribution in [3.8, 4) is 11.6 Å². The molecule has 7 heteroatoms. The normalized spacial score (nSPS) is 12.2. The van der Waals surface area contributed by atoms with Crippen molar-refractivity contribution in [1.29, 1.82) is 0 Å². The van der Waals surface area contributed by atoms with Crippen molar-refractivity contribution < 1.29 is 4.42 Å². The zero-order valence-electron chi connectivity index (χ0n) is 18.3. The average molecular weight is 409 g/mol. The molecule has 0 aliphatic heterocycles. The van der Waals surface area contributed by atoms with E-state index in [1.165, 1.54) is 11.1 Å². The highest BCUT2D eigenvalue weighted by Crippen LogP contribution is 2.24. The van der Waals surface area contributed by atoms with Gasteiger partial charge >= 0.3 is 0 Å². The minimum Gasteiger partial charge on any atom is -0.461 e. The predicted molar refractivity (Wildman–Crippen MR) is 121 cm³/mol. The smallest absolute Gasteiger partial charge is 0.216 e. The number of aromatic nitrogens is 3. The molecule has 0 fully saturated rings. The van der Waals surface area contributed by atoms with Crippen LogP contribution in [0.15, 0.2) is 52.1 Å². The van der Waals surface area contributed by atoms with E-state index in [0.29, 0.717) is 31.1 Å². The molecule has 3 rings (SSSR count). The molecule has 0 saturated heterocycles. The van der Waals surface area contributed by atoms with Crippen molar-refractivity contribution in [2.45, 2.75) is 46.0 Å². The molecule has 3 aromatic rings. The van der Waals surface area contributed by atoms with Gasteiger partial charge in [0.1, 0.15) is 5.82 Å². The number of H-pyrrole nitrogens is 1. The Kier molecular flexibility index (Phi) is 7.27. The molecule has 0 aliphatic rings. The summed E-state index contributed by atoms with van der Waals surface area (Å²) in [5.41, 5.74) is 2.61. The number of furan rings is 1. The van der Waals surface area contributed by atoms with Gasteiger partial charge < -0.3 is 15.1 Å². The maximum absolute atomic E-state index is 5.33. The monoisotopic (exact) mass is 408 g/mol. The highest BCUT2D eigenvalue weighted by molar-refractivity contribution is 5.79. The zero-order valence-corrected chi connectivity index (χ0v) is 18.3. The SMILES string of the molecule is CCNC(=NCC(C)(C)c1ccc(CC)cc1)NCCc1nc(-c2ccco2)n[nH]1. The van der Waals surface area contributed by atoms with E-state index in [2.05, 4.69) is 77.8 Å². The number of hydrogen-bond acceptors (Lipinski definition) is 4. The fourth-order valence-electron chi connectivity index (χ4n) is 3.12. The summed E-state index contributed by atoms with van der Waals surface area (Å²) in [5, 5.41) is 13.9. The minimum absolute atomic E-state index is 0.0442. The van der Waals surface area contributed by atoms with Crippen LogP contribution < -0.4 is 10.6 Å². The van der Waals surface area contributed by atoms with Gasteiger partial charge in [-0.25, -0.2) is 4.98 Å². The van der Waals surface area contributed by atoms with E-state index in [9.17, 15) is 0 Å². The molecule has 160 valence electrons. The Morgan fingerprint density at radius 3 is 2.60 bits per heavy atom. The molecular weight excluding hydrogens is 376 g/mol. The largest absolute Gasteiger partial charge is 0.461 e. The van der Waals surface area contributed by atoms with Crippen molar-refractivity contribution in [1.82, 2.24) is 25.8 Å². The maximum Gasteiger partial charge on any atom is 0.216 e. The summed E-state index contributed by atoms with van der Waals surface area (Å²) in [6.45, 7) is 10.9. The highest BCUT2D eigenvalue weighted by Gasteiger charge is 2.20. The van der Waals surface area contributed by atoms with E-state index in [1.807, 2.05) is 12.1 Å². The summed E-state index contributed by atoms with van der Waals surface area (Å²) in [7, 11) is 0. The van der Waals surface area contributed by atoms with E-state index < -0.39 is 0 Å². The molecule has 0 amide bonds. The van der Waals surface area contributed by atoms with Gasteiger partial charge in [0.25, 0.3) is 0 Å². The van der Waals surface area contributed by atoms with Crippen LogP contribution >= 0.6 is 0 Å². The molecule has 0 radical (unpaired) electrons. The van der Waals surface area contributed by atoms with E-state index in [0.717, 1.165) is 24.7 Å². The molecular formula is C23H32N6O. The van der Waals surface area contributed by atoms with Crippen LogP contribution in [0.3, 0.4) is 0 Å². The number of rotatable bonds is 9. The number of benzene rings is 1. The second-order valence-corrected chi connectivity index (χ2v) is 7.89. The summed E-state index contributed by atoms with van der Waals surface area (Å²) in [6.07, 6.45) is 3.38. The van der Waals surface area contributed by atoms with Crippen LogP contribution in [0.5, 0.6) is 0 Å². The predicted octanol–water partition coefficient (Wildman–Crippen LogP) is 3.70. The van der Waals surface area contributed by atoms with Crippen LogP contribution in [0, 0.1) is 0 Å². The number of aromatic amines is 1. The first-order valence-electron chi connectivity index (χ1n) is 10.6. The summed E-state index contributed by atoms with van der Waals surface area (Å²) in [6, 6.07) is 12.5. The van der Waals surface area contributed by atoms with Gasteiger partial charge in [-0.15, -0.1) is 0 Å². The van der Waals surface area contributed by atoms with Crippen LogP contribution in [0.25, 0.3) is 11.6 Å². The van der Waals surface area contributed by atoms with Gasteiger partial charge in [0.15, 0.2) is 11.7 Å². The molecule has 0 atom stereocenters. The fourth-order valence-corrected chi connectivity index (χ4v) is 3.12. The minimum atomic E-state index is -0.0442. The first-order chi connectivity index (χ1) is 14.5. The standard InChI is InChI=1S/C23H32N6O/c1-5-17-9-11-18(12-10-17)23(3,4)16-26-22(24-6-2)25-14-13-20-27-21(29-28-20)19-8-7-15-30-19/h7-12,15H,5-6,13-14,16H2,1-4H3,(H2,24,25,26)(H,27,28,29). The van der Waals surface area contributed by atoms with E-state index >= 15 is 0 Å². The highest BCUT2D eigenvalue weighted by atomic mass is 16.3. The van der Waals surface area contributed by atoms with E-state index in [1.54, 1.807) is 6.26 Å². The Morgan fingerprint density at radius 2 is 1.93 bits per heavy atom. The molecule has 7 nitrogen and oxygen atoms in total. The molecule has 2 heterocycles. The molecule has 0 bridgehead atoms. The first-order valence-corrected chi connectivity index (χ1v) is 10.6. The summed E-state index contributed by atoms with van der Waals surface area (Å²) in [4.78, 5) is 9.29. The van der Waals surface area contributed by atoms with Crippen LogP contribution in [0.4, 0.5) is 0 Å². The van der Waals surface area contributed by atoms with Crippen LogP contribution in [0.1, 0.15) is 44.6 Å². The number of nitrogens with one attached hydrogen (secondary N) is 3. The Hall–Kier alpha value is -3.09. The van der Waals surface area contributed by atoms with Crippen molar-refractivity contribution in [3.05, 3.63) is 59.6 Å². The third-order valence-corrected chi connectivity index (χ3v) is 5.05. The molecule has 0 aliphatic carbocycles. The molecule has 2 aromatic heterocycles. The number of hydrogen-bond donors (Lipinski definition) is 3. The molecule has 0 saturated carbocycles. The second kappa shape index (κ2) is 10.1. The van der Waals surface area contributed by atoms with Gasteiger partial charge in [0.05, 0.1) is 12.8 Å². The number of aliphatic imine (C=N–C) groups is 1. The first kappa shape index (κ1) is 21.6.